The van der Waals surface area contributed by atoms with Crippen LogP contribution in [0.3, 0.4) is 0 Å². The van der Waals surface area contributed by atoms with Gasteiger partial charge >= 0.3 is 0 Å². The van der Waals surface area contributed by atoms with E-state index in [-0.39, 0.29) is 5.56 Å². The average molecular weight is 467 g/mol. The molecule has 0 bridgehead atoms. The second-order valence-corrected chi connectivity index (χ2v) is 13.2. The summed E-state index contributed by atoms with van der Waals surface area (Å²) in [5.74, 6) is -1.21. The number of hydrogen-bond donors (Lipinski definition) is 1. The van der Waals surface area contributed by atoms with E-state index in [1.165, 1.54) is 39.0 Å². The molecule has 1 aromatic carbocycles. The van der Waals surface area contributed by atoms with E-state index >= 15 is 0 Å². The number of nitrogens with zero attached hydrogens (tertiary/aromatic N) is 1. The van der Waals surface area contributed by atoms with Gasteiger partial charge in [0.2, 0.25) is 0 Å². The molecule has 0 aliphatic rings. The van der Waals surface area contributed by atoms with Gasteiger partial charge in [-0.05, 0) is 59.7 Å². The van der Waals surface area contributed by atoms with Crippen molar-refractivity contribution < 1.29 is 17.0 Å². The zero-order valence-corrected chi connectivity index (χ0v) is 18.9. The number of hydrogen-bond acceptors (Lipinski definition) is 4. The van der Waals surface area contributed by atoms with Crippen LogP contribution in [0.15, 0.2) is 22.7 Å². The SMILES string of the molecule is CC(C)(C)[S@](=O)N[C@@](C)(CS(=O)(=O)C(C)(C)C#N)c1cc(Br)ccc1F. The van der Waals surface area contributed by atoms with Gasteiger partial charge in [0.15, 0.2) is 14.6 Å². The normalized spacial score (nSPS) is 16.6. The lowest BCUT2D eigenvalue weighted by molar-refractivity contribution is 0.448. The zero-order valence-electron chi connectivity index (χ0n) is 15.7. The minimum Gasteiger partial charge on any atom is -0.242 e. The van der Waals surface area contributed by atoms with E-state index in [1.54, 1.807) is 26.8 Å². The van der Waals surface area contributed by atoms with Crippen molar-refractivity contribution in [1.29, 1.82) is 5.26 Å². The first-order valence-corrected chi connectivity index (χ1v) is 11.4. The molecule has 0 unspecified atom stereocenters. The summed E-state index contributed by atoms with van der Waals surface area (Å²) in [4.78, 5) is 0. The Kier molecular flexibility index (Phi) is 6.84. The molecule has 1 N–H and O–H groups in total. The predicted molar refractivity (Wildman–Crippen MR) is 106 cm³/mol. The van der Waals surface area contributed by atoms with Crippen LogP contribution in [0.2, 0.25) is 0 Å². The molecule has 0 saturated carbocycles. The van der Waals surface area contributed by atoms with Crippen LogP contribution in [0.1, 0.15) is 47.1 Å². The van der Waals surface area contributed by atoms with Gasteiger partial charge in [-0.3, -0.25) is 0 Å². The van der Waals surface area contributed by atoms with Crippen molar-refractivity contribution in [1.82, 2.24) is 4.72 Å². The smallest absolute Gasteiger partial charge is 0.170 e. The Morgan fingerprint density at radius 2 is 1.77 bits per heavy atom. The number of halogens is 2. The summed E-state index contributed by atoms with van der Waals surface area (Å²) in [5.41, 5.74) is -1.44. The fraction of sp³-hybridized carbons (Fsp3) is 0.588. The summed E-state index contributed by atoms with van der Waals surface area (Å²) in [6.07, 6.45) is 0. The van der Waals surface area contributed by atoms with Crippen molar-refractivity contribution >= 4 is 36.8 Å². The minimum absolute atomic E-state index is 0.0572. The maximum absolute atomic E-state index is 14.5. The monoisotopic (exact) mass is 466 g/mol. The Morgan fingerprint density at radius 1 is 1.23 bits per heavy atom. The molecular weight excluding hydrogens is 443 g/mol. The third kappa shape index (κ3) is 5.12. The van der Waals surface area contributed by atoms with E-state index in [1.807, 2.05) is 0 Å². The fourth-order valence-electron chi connectivity index (χ4n) is 2.07. The van der Waals surface area contributed by atoms with Gasteiger partial charge in [0.05, 0.1) is 33.1 Å². The predicted octanol–water partition coefficient (Wildman–Crippen LogP) is 3.57. The number of nitriles is 1. The maximum atomic E-state index is 14.5. The molecule has 0 spiro atoms. The number of rotatable bonds is 6. The van der Waals surface area contributed by atoms with E-state index in [9.17, 15) is 22.3 Å². The highest BCUT2D eigenvalue weighted by atomic mass is 79.9. The molecular formula is C17H24BrFN2O3S2. The first kappa shape index (κ1) is 23.2. The summed E-state index contributed by atoms with van der Waals surface area (Å²) >= 11 is 3.26. The second kappa shape index (κ2) is 7.66. The summed E-state index contributed by atoms with van der Waals surface area (Å²) in [7, 11) is -5.64. The zero-order chi connectivity index (χ0) is 20.6. The van der Waals surface area contributed by atoms with Crippen molar-refractivity contribution in [2.24, 2.45) is 0 Å². The standard InChI is InChI=1S/C17H24BrFN2O3S2/c1-15(2,3)25(22)21-17(6,11-26(23,24)16(4,5)10-20)13-9-12(18)7-8-14(13)19/h7-9,21H,11H2,1-6H3/t17-,25-/m0/s1. The summed E-state index contributed by atoms with van der Waals surface area (Å²) in [5, 5.41) is 9.22. The number of nitrogens with one attached hydrogen (secondary N) is 1. The van der Waals surface area contributed by atoms with Crippen molar-refractivity contribution in [3.8, 4) is 6.07 Å². The summed E-state index contributed by atoms with van der Waals surface area (Å²) in [6, 6.07) is 5.93. The highest BCUT2D eigenvalue weighted by Crippen LogP contribution is 2.32. The van der Waals surface area contributed by atoms with Crippen LogP contribution in [-0.4, -0.2) is 27.9 Å². The van der Waals surface area contributed by atoms with Crippen molar-refractivity contribution in [2.75, 3.05) is 5.75 Å². The molecule has 0 fully saturated rings. The molecule has 146 valence electrons. The van der Waals surface area contributed by atoms with Crippen LogP contribution in [-0.2, 0) is 26.4 Å². The van der Waals surface area contributed by atoms with Crippen LogP contribution >= 0.6 is 15.9 Å². The molecule has 2 atom stereocenters. The Labute approximate surface area is 166 Å². The van der Waals surface area contributed by atoms with Gasteiger partial charge in [0.25, 0.3) is 0 Å². The molecule has 0 aromatic heterocycles. The summed E-state index contributed by atoms with van der Waals surface area (Å²) in [6.45, 7) is 9.23. The second-order valence-electron chi connectivity index (χ2n) is 7.82. The van der Waals surface area contributed by atoms with Gasteiger partial charge in [-0.25, -0.2) is 21.7 Å². The van der Waals surface area contributed by atoms with Gasteiger partial charge in [-0.15, -0.1) is 0 Å². The molecule has 0 saturated heterocycles. The van der Waals surface area contributed by atoms with Crippen molar-refractivity contribution in [3.63, 3.8) is 0 Å². The molecule has 1 rings (SSSR count). The van der Waals surface area contributed by atoms with Gasteiger partial charge in [0, 0.05) is 10.0 Å². The molecule has 0 radical (unpaired) electrons. The molecule has 0 amide bonds. The summed E-state index contributed by atoms with van der Waals surface area (Å²) < 4.78 is 53.8. The molecule has 0 heterocycles. The number of sulfone groups is 1. The van der Waals surface area contributed by atoms with Crippen LogP contribution in [0.25, 0.3) is 0 Å². The molecule has 0 aliphatic carbocycles. The molecule has 5 nitrogen and oxygen atoms in total. The Morgan fingerprint density at radius 3 is 2.23 bits per heavy atom. The van der Waals surface area contributed by atoms with Gasteiger partial charge in [-0.2, -0.15) is 5.26 Å². The van der Waals surface area contributed by atoms with Gasteiger partial charge < -0.3 is 0 Å². The molecule has 1 aromatic rings. The van der Waals surface area contributed by atoms with Crippen LogP contribution in [0.4, 0.5) is 4.39 Å². The van der Waals surface area contributed by atoms with Crippen molar-refractivity contribution in [2.45, 2.75) is 56.6 Å². The molecule has 0 aliphatic heterocycles. The first-order chi connectivity index (χ1) is 11.6. The largest absolute Gasteiger partial charge is 0.242 e. The Bertz CT molecular complexity index is 858. The van der Waals surface area contributed by atoms with E-state index in [0.29, 0.717) is 4.47 Å². The highest BCUT2D eigenvalue weighted by Gasteiger charge is 2.44. The minimum atomic E-state index is -3.98. The molecule has 9 heteroatoms. The quantitative estimate of drug-likeness (QED) is 0.693. The Hall–Kier alpha value is -0.820. The lowest BCUT2D eigenvalue weighted by Gasteiger charge is -2.35. The van der Waals surface area contributed by atoms with Crippen LogP contribution in [0, 0.1) is 17.1 Å². The number of benzene rings is 1. The molecule has 26 heavy (non-hydrogen) atoms. The van der Waals surface area contributed by atoms with E-state index in [0.717, 1.165) is 0 Å². The third-order valence-corrected chi connectivity index (χ3v) is 8.77. The van der Waals surface area contributed by atoms with Gasteiger partial charge in [0.1, 0.15) is 5.82 Å². The van der Waals surface area contributed by atoms with Crippen LogP contribution < -0.4 is 4.72 Å². The maximum Gasteiger partial charge on any atom is 0.170 e. The Balaban J connectivity index is 3.56. The highest BCUT2D eigenvalue weighted by molar-refractivity contribution is 9.10. The van der Waals surface area contributed by atoms with E-state index in [4.69, 9.17) is 0 Å². The third-order valence-electron chi connectivity index (χ3n) is 3.92. The lowest BCUT2D eigenvalue weighted by Crippen LogP contribution is -2.52. The first-order valence-electron chi connectivity index (χ1n) is 7.84. The van der Waals surface area contributed by atoms with Crippen LogP contribution in [0.5, 0.6) is 0 Å². The average Bonchev–Trinajstić information content (AvgIpc) is 2.47. The van der Waals surface area contributed by atoms with E-state index < -0.39 is 47.4 Å². The van der Waals surface area contributed by atoms with Gasteiger partial charge in [-0.1, -0.05) is 15.9 Å². The topological polar surface area (TPSA) is 87.0 Å². The fourth-order valence-corrected chi connectivity index (χ4v) is 4.91. The van der Waals surface area contributed by atoms with E-state index in [2.05, 4.69) is 20.7 Å². The lowest BCUT2D eigenvalue weighted by atomic mass is 9.95. The van der Waals surface area contributed by atoms with Crippen molar-refractivity contribution in [3.05, 3.63) is 34.1 Å².